The van der Waals surface area contributed by atoms with Gasteiger partial charge in [0.1, 0.15) is 10.8 Å². The maximum absolute atomic E-state index is 12.4. The van der Waals surface area contributed by atoms with Crippen molar-refractivity contribution in [1.29, 1.82) is 0 Å². The Hall–Kier alpha value is -3.91. The number of nitro groups is 1. The number of nitrogens with zero attached hydrogens (tertiary/aromatic N) is 1. The van der Waals surface area contributed by atoms with Gasteiger partial charge in [-0.25, -0.2) is 0 Å². The number of carbonyl (C=O) groups is 2. The SMILES string of the molecule is COc1ccc(NC(=O)c2ccc(NC(=O)c3ccc(Cl)c([N+](=O)[O-])c3)cc2)cc1. The smallest absolute Gasteiger partial charge is 0.288 e. The van der Waals surface area contributed by atoms with Crippen LogP contribution < -0.4 is 15.4 Å². The average Bonchev–Trinajstić information content (AvgIpc) is 2.74. The Bertz CT molecular complexity index is 1100. The summed E-state index contributed by atoms with van der Waals surface area (Å²) in [5, 5.41) is 16.3. The summed E-state index contributed by atoms with van der Waals surface area (Å²) in [7, 11) is 1.56. The third kappa shape index (κ3) is 4.92. The van der Waals surface area contributed by atoms with Crippen molar-refractivity contribution in [2.24, 2.45) is 0 Å². The van der Waals surface area contributed by atoms with E-state index < -0.39 is 10.8 Å². The number of benzene rings is 3. The van der Waals surface area contributed by atoms with Gasteiger partial charge in [0.2, 0.25) is 0 Å². The minimum absolute atomic E-state index is 0.0521. The fourth-order valence-corrected chi connectivity index (χ4v) is 2.77. The van der Waals surface area contributed by atoms with Crippen molar-refractivity contribution in [3.63, 3.8) is 0 Å². The van der Waals surface area contributed by atoms with E-state index in [9.17, 15) is 19.7 Å². The maximum Gasteiger partial charge on any atom is 0.288 e. The highest BCUT2D eigenvalue weighted by Gasteiger charge is 2.16. The van der Waals surface area contributed by atoms with Gasteiger partial charge in [0.15, 0.2) is 0 Å². The van der Waals surface area contributed by atoms with Gasteiger partial charge in [-0.05, 0) is 60.7 Å². The summed E-state index contributed by atoms with van der Waals surface area (Å²) in [6.07, 6.45) is 0. The molecule has 8 nitrogen and oxygen atoms in total. The highest BCUT2D eigenvalue weighted by Crippen LogP contribution is 2.25. The number of methoxy groups -OCH3 is 1. The molecule has 0 heterocycles. The Morgan fingerprint density at radius 2 is 1.37 bits per heavy atom. The van der Waals surface area contributed by atoms with Crippen LogP contribution in [0, 0.1) is 10.1 Å². The Morgan fingerprint density at radius 3 is 1.90 bits per heavy atom. The van der Waals surface area contributed by atoms with Crippen LogP contribution >= 0.6 is 11.6 Å². The Balaban J connectivity index is 1.66. The zero-order valence-corrected chi connectivity index (χ0v) is 16.5. The molecule has 152 valence electrons. The van der Waals surface area contributed by atoms with Crippen LogP contribution in [0.5, 0.6) is 5.75 Å². The first-order valence-corrected chi connectivity index (χ1v) is 9.06. The lowest BCUT2D eigenvalue weighted by molar-refractivity contribution is -0.384. The van der Waals surface area contributed by atoms with Gasteiger partial charge < -0.3 is 15.4 Å². The van der Waals surface area contributed by atoms with Crippen LogP contribution in [0.15, 0.2) is 66.7 Å². The maximum atomic E-state index is 12.4. The first-order chi connectivity index (χ1) is 14.4. The molecule has 0 saturated heterocycles. The monoisotopic (exact) mass is 425 g/mol. The molecule has 0 radical (unpaired) electrons. The van der Waals surface area contributed by atoms with Crippen LogP contribution in [0.25, 0.3) is 0 Å². The topological polar surface area (TPSA) is 111 Å². The van der Waals surface area contributed by atoms with E-state index in [2.05, 4.69) is 10.6 Å². The van der Waals surface area contributed by atoms with Gasteiger partial charge >= 0.3 is 0 Å². The molecule has 2 amide bonds. The van der Waals surface area contributed by atoms with Crippen molar-refractivity contribution < 1.29 is 19.2 Å². The van der Waals surface area contributed by atoms with Crippen molar-refractivity contribution in [3.05, 3.63) is 93.0 Å². The van der Waals surface area contributed by atoms with E-state index in [1.165, 1.54) is 12.1 Å². The van der Waals surface area contributed by atoms with Crippen molar-refractivity contribution in [2.75, 3.05) is 17.7 Å². The summed E-state index contributed by atoms with van der Waals surface area (Å²) in [5.41, 5.74) is 1.18. The third-order valence-electron chi connectivity index (χ3n) is 4.16. The number of rotatable bonds is 6. The van der Waals surface area contributed by atoms with Crippen LogP contribution in [0.2, 0.25) is 5.02 Å². The van der Waals surface area contributed by atoms with Crippen LogP contribution in [0.4, 0.5) is 17.1 Å². The summed E-state index contributed by atoms with van der Waals surface area (Å²) in [6, 6.07) is 16.9. The number of nitro benzene ring substituents is 1. The lowest BCUT2D eigenvalue weighted by atomic mass is 10.1. The third-order valence-corrected chi connectivity index (χ3v) is 4.48. The van der Waals surface area contributed by atoms with E-state index in [0.29, 0.717) is 22.7 Å². The molecule has 9 heteroatoms. The zero-order valence-electron chi connectivity index (χ0n) is 15.7. The molecule has 3 aromatic rings. The minimum Gasteiger partial charge on any atom is -0.497 e. The predicted molar refractivity (Wildman–Crippen MR) is 113 cm³/mol. The predicted octanol–water partition coefficient (Wildman–Crippen LogP) is 4.76. The van der Waals surface area contributed by atoms with E-state index in [-0.39, 0.29) is 22.2 Å². The van der Waals surface area contributed by atoms with Crippen LogP contribution in [0.1, 0.15) is 20.7 Å². The molecular weight excluding hydrogens is 410 g/mol. The van der Waals surface area contributed by atoms with Crippen LogP contribution in [-0.2, 0) is 0 Å². The quantitative estimate of drug-likeness (QED) is 0.437. The molecule has 0 aliphatic rings. The average molecular weight is 426 g/mol. The van der Waals surface area contributed by atoms with E-state index in [0.717, 1.165) is 6.07 Å². The number of carbonyl (C=O) groups excluding carboxylic acids is 2. The largest absolute Gasteiger partial charge is 0.497 e. The second kappa shape index (κ2) is 9.06. The standard InChI is InChI=1S/C21H16ClN3O5/c1-30-17-9-7-16(8-10-17)23-20(26)13-2-5-15(6-3-13)24-21(27)14-4-11-18(22)19(12-14)25(28)29/h2-12H,1H3,(H,23,26)(H,24,27). The molecule has 3 aromatic carbocycles. The van der Waals surface area contributed by atoms with E-state index >= 15 is 0 Å². The van der Waals surface area contributed by atoms with E-state index in [4.69, 9.17) is 16.3 Å². The summed E-state index contributed by atoms with van der Waals surface area (Å²) >= 11 is 5.76. The lowest BCUT2D eigenvalue weighted by Crippen LogP contribution is -2.14. The van der Waals surface area contributed by atoms with Crippen LogP contribution in [0.3, 0.4) is 0 Å². The second-order valence-electron chi connectivity index (χ2n) is 6.14. The summed E-state index contributed by atoms with van der Waals surface area (Å²) in [6.45, 7) is 0. The molecular formula is C21H16ClN3O5. The number of hydrogen-bond donors (Lipinski definition) is 2. The summed E-state index contributed by atoms with van der Waals surface area (Å²) in [5.74, 6) is -0.171. The fraction of sp³-hybridized carbons (Fsp3) is 0.0476. The van der Waals surface area contributed by atoms with Gasteiger partial charge in [0.05, 0.1) is 12.0 Å². The summed E-state index contributed by atoms with van der Waals surface area (Å²) < 4.78 is 5.07. The molecule has 0 atom stereocenters. The molecule has 30 heavy (non-hydrogen) atoms. The number of nitrogens with one attached hydrogen (secondary N) is 2. The number of halogens is 1. The Morgan fingerprint density at radius 1 is 0.867 bits per heavy atom. The van der Waals surface area contributed by atoms with Gasteiger partial charge in [-0.3, -0.25) is 19.7 Å². The van der Waals surface area contributed by atoms with Gasteiger partial charge in [-0.1, -0.05) is 11.6 Å². The molecule has 0 unspecified atom stereocenters. The first-order valence-electron chi connectivity index (χ1n) is 8.68. The number of ether oxygens (including phenoxy) is 1. The van der Waals surface area contributed by atoms with Crippen molar-refractivity contribution in [2.45, 2.75) is 0 Å². The van der Waals surface area contributed by atoms with Crippen molar-refractivity contribution >= 4 is 40.5 Å². The van der Waals surface area contributed by atoms with E-state index in [1.54, 1.807) is 55.6 Å². The normalized spacial score (nSPS) is 10.2. The molecule has 0 bridgehead atoms. The van der Waals surface area contributed by atoms with Crippen LogP contribution in [-0.4, -0.2) is 23.8 Å². The van der Waals surface area contributed by atoms with Gasteiger partial charge in [0, 0.05) is 28.6 Å². The van der Waals surface area contributed by atoms with Gasteiger partial charge in [-0.15, -0.1) is 0 Å². The van der Waals surface area contributed by atoms with Gasteiger partial charge in [-0.2, -0.15) is 0 Å². The number of hydrogen-bond acceptors (Lipinski definition) is 5. The Kier molecular flexibility index (Phi) is 6.29. The van der Waals surface area contributed by atoms with Crippen molar-refractivity contribution in [3.8, 4) is 5.75 Å². The molecule has 0 aromatic heterocycles. The van der Waals surface area contributed by atoms with E-state index in [1.807, 2.05) is 0 Å². The lowest BCUT2D eigenvalue weighted by Gasteiger charge is -2.08. The fourth-order valence-electron chi connectivity index (χ4n) is 2.58. The molecule has 2 N–H and O–H groups in total. The first kappa shape index (κ1) is 20.8. The molecule has 0 spiro atoms. The molecule has 3 rings (SSSR count). The highest BCUT2D eigenvalue weighted by molar-refractivity contribution is 6.32. The molecule has 0 aliphatic carbocycles. The highest BCUT2D eigenvalue weighted by atomic mass is 35.5. The Labute approximate surface area is 176 Å². The second-order valence-corrected chi connectivity index (χ2v) is 6.54. The molecule has 0 saturated carbocycles. The summed E-state index contributed by atoms with van der Waals surface area (Å²) in [4.78, 5) is 35.0. The minimum atomic E-state index is -0.657. The zero-order chi connectivity index (χ0) is 21.7. The van der Waals surface area contributed by atoms with Crippen molar-refractivity contribution in [1.82, 2.24) is 0 Å². The number of amides is 2. The van der Waals surface area contributed by atoms with Gasteiger partial charge in [0.25, 0.3) is 17.5 Å². The molecule has 0 aliphatic heterocycles. The molecule has 0 fully saturated rings. The number of anilines is 2.